The second kappa shape index (κ2) is 7.97. The van der Waals surface area contributed by atoms with E-state index >= 15 is 0 Å². The van der Waals surface area contributed by atoms with E-state index in [1.165, 1.54) is 13.0 Å². The van der Waals surface area contributed by atoms with Crippen LogP contribution in [0.2, 0.25) is 0 Å². The van der Waals surface area contributed by atoms with Crippen molar-refractivity contribution >= 4 is 33.7 Å². The van der Waals surface area contributed by atoms with Crippen molar-refractivity contribution < 1.29 is 35.3 Å². The first-order valence-electron chi connectivity index (χ1n) is 7.22. The van der Waals surface area contributed by atoms with Crippen LogP contribution in [0.1, 0.15) is 21.1 Å². The van der Waals surface area contributed by atoms with Crippen LogP contribution < -0.4 is 5.32 Å². The number of thiazole rings is 1. The van der Waals surface area contributed by atoms with Gasteiger partial charge < -0.3 is 5.32 Å². The van der Waals surface area contributed by atoms with Crippen LogP contribution >= 0.6 is 11.3 Å². The molecule has 4 nitrogen and oxygen atoms in total. The van der Waals surface area contributed by atoms with Gasteiger partial charge in [0.25, 0.3) is 0 Å². The molecule has 0 radical (unpaired) electrons. The molecule has 12 heteroatoms. The first-order chi connectivity index (χ1) is 12.4. The van der Waals surface area contributed by atoms with Crippen molar-refractivity contribution in [3.8, 4) is 0 Å². The molecule has 27 heavy (non-hydrogen) atoms. The lowest BCUT2D eigenvalue weighted by molar-refractivity contribution is -0.141. The fraction of sp³-hybridized carbons (Fsp3) is 0.333. The Morgan fingerprint density at radius 2 is 1.78 bits per heavy atom. The third-order valence-electron chi connectivity index (χ3n) is 3.16. The van der Waals surface area contributed by atoms with Crippen LogP contribution in [0.3, 0.4) is 0 Å². The Labute approximate surface area is 156 Å². The van der Waals surface area contributed by atoms with Crippen LogP contribution in [0, 0.1) is 6.92 Å². The zero-order valence-electron chi connectivity index (χ0n) is 13.6. The highest BCUT2D eigenvalue weighted by molar-refractivity contribution is 7.85. The van der Waals surface area contributed by atoms with Gasteiger partial charge in [-0.1, -0.05) is 12.1 Å². The molecule has 0 spiro atoms. The smallest absolute Gasteiger partial charge is 0.325 e. The maximum absolute atomic E-state index is 12.9. The summed E-state index contributed by atoms with van der Waals surface area (Å²) in [6.45, 7) is 1.35. The topological polar surface area (TPSA) is 59.1 Å². The lowest BCUT2D eigenvalue weighted by Crippen LogP contribution is -2.22. The average Bonchev–Trinajstić information content (AvgIpc) is 2.87. The summed E-state index contributed by atoms with van der Waals surface area (Å²) in [5.41, 5.74) is -2.76. The van der Waals surface area contributed by atoms with Gasteiger partial charge in [-0.2, -0.15) is 26.3 Å². The van der Waals surface area contributed by atoms with E-state index in [0.29, 0.717) is 11.3 Å². The number of rotatable bonds is 5. The number of carbonyl (C=O) groups excluding carboxylic acids is 1. The van der Waals surface area contributed by atoms with Crippen LogP contribution in [0.4, 0.5) is 32.0 Å². The Morgan fingerprint density at radius 3 is 2.37 bits per heavy atom. The normalized spacial score (nSPS) is 13.4. The third-order valence-corrected chi connectivity index (χ3v) is 5.51. The molecule has 2 aromatic rings. The Kier molecular flexibility index (Phi) is 6.30. The Bertz CT molecular complexity index is 861. The van der Waals surface area contributed by atoms with Crippen molar-refractivity contribution in [2.24, 2.45) is 0 Å². The first-order valence-corrected chi connectivity index (χ1v) is 9.53. The molecule has 0 fully saturated rings. The van der Waals surface area contributed by atoms with E-state index in [4.69, 9.17) is 0 Å². The van der Waals surface area contributed by atoms with Crippen LogP contribution in [-0.2, 0) is 33.7 Å². The average molecular weight is 430 g/mol. The number of carbonyl (C=O) groups is 1. The molecule has 2 rings (SSSR count). The second-order valence-electron chi connectivity index (χ2n) is 5.32. The van der Waals surface area contributed by atoms with Gasteiger partial charge in [0.2, 0.25) is 5.91 Å². The number of nitrogens with one attached hydrogen (secondary N) is 1. The van der Waals surface area contributed by atoms with E-state index in [0.717, 1.165) is 18.2 Å². The molecule has 1 amide bonds. The monoisotopic (exact) mass is 430 g/mol. The molecular weight excluding hydrogens is 418 g/mol. The van der Waals surface area contributed by atoms with Gasteiger partial charge in [-0.15, -0.1) is 11.3 Å². The number of anilines is 1. The molecule has 0 aliphatic carbocycles. The Morgan fingerprint density at radius 1 is 1.15 bits per heavy atom. The predicted octanol–water partition coefficient (Wildman–Crippen LogP) is 4.38. The number of aryl methyl sites for hydroxylation is 1. The fourth-order valence-corrected chi connectivity index (χ4v) is 4.44. The maximum atomic E-state index is 12.9. The number of hydrogen-bond acceptors (Lipinski definition) is 4. The minimum Gasteiger partial charge on any atom is -0.325 e. The second-order valence-corrected chi connectivity index (χ2v) is 8.07. The summed E-state index contributed by atoms with van der Waals surface area (Å²) in [5, 5.41) is 2.12. The van der Waals surface area contributed by atoms with E-state index in [1.54, 1.807) is 0 Å². The summed E-state index contributed by atoms with van der Waals surface area (Å²) in [5.74, 6) is -2.32. The van der Waals surface area contributed by atoms with Gasteiger partial charge in [-0.25, -0.2) is 4.98 Å². The maximum Gasteiger partial charge on any atom is 0.434 e. The number of nitrogens with zero attached hydrogens (tertiary/aromatic N) is 1. The van der Waals surface area contributed by atoms with E-state index in [2.05, 4.69) is 4.98 Å². The van der Waals surface area contributed by atoms with Gasteiger partial charge in [0.1, 0.15) is 5.75 Å². The third kappa shape index (κ3) is 5.76. The Hall–Kier alpha value is -1.95. The van der Waals surface area contributed by atoms with Gasteiger partial charge >= 0.3 is 12.4 Å². The van der Waals surface area contributed by atoms with Gasteiger partial charge in [0.15, 0.2) is 5.69 Å². The summed E-state index contributed by atoms with van der Waals surface area (Å²) >= 11 is 0.702. The zero-order valence-corrected chi connectivity index (χ0v) is 15.2. The fourth-order valence-electron chi connectivity index (χ4n) is 2.16. The number of aromatic nitrogens is 1. The summed E-state index contributed by atoms with van der Waals surface area (Å²) in [6.07, 6.45) is -9.43. The lowest BCUT2D eigenvalue weighted by Gasteiger charge is -2.13. The zero-order chi connectivity index (χ0) is 20.4. The van der Waals surface area contributed by atoms with Crippen molar-refractivity contribution in [1.29, 1.82) is 0 Å². The molecule has 1 aromatic carbocycles. The molecule has 0 saturated heterocycles. The van der Waals surface area contributed by atoms with Gasteiger partial charge in [-0.3, -0.25) is 9.00 Å². The molecule has 0 bridgehead atoms. The number of benzene rings is 1. The van der Waals surface area contributed by atoms with Crippen molar-refractivity contribution in [2.75, 3.05) is 11.1 Å². The van der Waals surface area contributed by atoms with Crippen molar-refractivity contribution in [3.63, 3.8) is 0 Å². The molecule has 0 aliphatic heterocycles. The predicted molar refractivity (Wildman–Crippen MR) is 88.6 cm³/mol. The van der Waals surface area contributed by atoms with Crippen LogP contribution in [0.5, 0.6) is 0 Å². The number of hydrogen-bond donors (Lipinski definition) is 1. The van der Waals surface area contributed by atoms with E-state index < -0.39 is 57.5 Å². The highest BCUT2D eigenvalue weighted by Crippen LogP contribution is 2.35. The molecule has 1 N–H and O–H groups in total. The molecule has 0 saturated carbocycles. The Balaban J connectivity index is 2.07. The molecule has 1 heterocycles. The molecule has 148 valence electrons. The number of amides is 1. The summed E-state index contributed by atoms with van der Waals surface area (Å²) in [4.78, 5) is 14.9. The SMILES string of the molecule is Cc1nc(C(F)(F)F)c(CS(=O)CC(=O)Nc2ccccc2C(F)(F)F)s1. The molecule has 0 aliphatic rings. The van der Waals surface area contributed by atoms with Gasteiger partial charge in [0, 0.05) is 15.7 Å². The van der Waals surface area contributed by atoms with Crippen molar-refractivity contribution in [2.45, 2.75) is 25.0 Å². The summed E-state index contributed by atoms with van der Waals surface area (Å²) in [6, 6.07) is 4.21. The largest absolute Gasteiger partial charge is 0.434 e. The molecule has 1 aromatic heterocycles. The van der Waals surface area contributed by atoms with Gasteiger partial charge in [-0.05, 0) is 19.1 Å². The highest BCUT2D eigenvalue weighted by Gasteiger charge is 2.37. The van der Waals surface area contributed by atoms with E-state index in [-0.39, 0.29) is 9.88 Å². The standard InChI is InChI=1S/C15H12F6N2O2S2/c1-8-22-13(15(19,20)21)11(26-8)6-27(25)7-12(24)23-10-5-3-2-4-9(10)14(16,17)18/h2-5H,6-7H2,1H3,(H,23,24). The lowest BCUT2D eigenvalue weighted by atomic mass is 10.1. The van der Waals surface area contributed by atoms with Gasteiger partial charge in [0.05, 0.1) is 22.0 Å². The molecule has 1 atom stereocenters. The highest BCUT2D eigenvalue weighted by atomic mass is 32.2. The number of para-hydroxylation sites is 1. The summed E-state index contributed by atoms with van der Waals surface area (Å²) < 4.78 is 89.3. The van der Waals surface area contributed by atoms with Crippen LogP contribution in [0.15, 0.2) is 24.3 Å². The molecule has 1 unspecified atom stereocenters. The number of alkyl halides is 6. The quantitative estimate of drug-likeness (QED) is 0.717. The van der Waals surface area contributed by atoms with Crippen LogP contribution in [-0.4, -0.2) is 20.9 Å². The summed E-state index contributed by atoms with van der Waals surface area (Å²) in [7, 11) is -2.06. The van der Waals surface area contributed by atoms with Crippen molar-refractivity contribution in [3.05, 3.63) is 45.4 Å². The van der Waals surface area contributed by atoms with E-state index in [1.807, 2.05) is 5.32 Å². The minimum atomic E-state index is -4.72. The number of halogens is 6. The van der Waals surface area contributed by atoms with Crippen molar-refractivity contribution in [1.82, 2.24) is 4.98 Å². The van der Waals surface area contributed by atoms with E-state index in [9.17, 15) is 35.3 Å². The van der Waals surface area contributed by atoms with Crippen LogP contribution in [0.25, 0.3) is 0 Å². The molecular formula is C15H12F6N2O2S2. The minimum absolute atomic E-state index is 0.123. The first kappa shape index (κ1) is 21.4.